The van der Waals surface area contributed by atoms with Crippen molar-refractivity contribution in [1.82, 2.24) is 9.97 Å². The summed E-state index contributed by atoms with van der Waals surface area (Å²) in [5, 5.41) is 0. The SMILES string of the molecule is CSc1ccc(-c2nc(N)c(Br)c(CC(C)C)n2)cc1. The molecule has 0 bridgehead atoms. The molecule has 0 aliphatic rings. The molecule has 1 aromatic heterocycles. The number of nitrogens with two attached hydrogens (primary N) is 1. The molecule has 5 heteroatoms. The van der Waals surface area contributed by atoms with Crippen molar-refractivity contribution in [3.63, 3.8) is 0 Å². The summed E-state index contributed by atoms with van der Waals surface area (Å²) >= 11 is 5.20. The summed E-state index contributed by atoms with van der Waals surface area (Å²) in [5.41, 5.74) is 7.95. The maximum atomic E-state index is 5.99. The molecule has 3 nitrogen and oxygen atoms in total. The highest BCUT2D eigenvalue weighted by Crippen LogP contribution is 2.27. The van der Waals surface area contributed by atoms with Crippen molar-refractivity contribution in [3.8, 4) is 11.4 Å². The third kappa shape index (κ3) is 3.52. The highest BCUT2D eigenvalue weighted by molar-refractivity contribution is 9.10. The Bertz CT molecular complexity index is 597. The van der Waals surface area contributed by atoms with Crippen LogP contribution in [0.2, 0.25) is 0 Å². The zero-order valence-corrected chi connectivity index (χ0v) is 14.3. The minimum atomic E-state index is 0.500. The predicted molar refractivity (Wildman–Crippen MR) is 89.9 cm³/mol. The number of nitrogens with zero attached hydrogens (tertiary/aromatic N) is 2. The van der Waals surface area contributed by atoms with Crippen molar-refractivity contribution in [1.29, 1.82) is 0 Å². The second kappa shape index (κ2) is 6.59. The molecular weight excluding hydrogens is 334 g/mol. The number of rotatable bonds is 4. The zero-order chi connectivity index (χ0) is 14.7. The minimum Gasteiger partial charge on any atom is -0.383 e. The number of aromatic nitrogens is 2. The van der Waals surface area contributed by atoms with E-state index >= 15 is 0 Å². The molecule has 20 heavy (non-hydrogen) atoms. The second-order valence-corrected chi connectivity index (χ2v) is 6.69. The normalized spacial score (nSPS) is 11.1. The van der Waals surface area contributed by atoms with Gasteiger partial charge < -0.3 is 5.73 Å². The van der Waals surface area contributed by atoms with Crippen LogP contribution in [0.15, 0.2) is 33.6 Å². The van der Waals surface area contributed by atoms with E-state index in [0.29, 0.717) is 17.6 Å². The molecule has 1 aromatic carbocycles. The van der Waals surface area contributed by atoms with Gasteiger partial charge in [0.05, 0.1) is 10.2 Å². The Kier molecular flexibility index (Phi) is 5.05. The van der Waals surface area contributed by atoms with Crippen LogP contribution < -0.4 is 5.73 Å². The fraction of sp³-hybridized carbons (Fsp3) is 0.333. The van der Waals surface area contributed by atoms with Crippen molar-refractivity contribution in [2.75, 3.05) is 12.0 Å². The first-order chi connectivity index (χ1) is 9.51. The van der Waals surface area contributed by atoms with Gasteiger partial charge in [0, 0.05) is 10.5 Å². The van der Waals surface area contributed by atoms with Crippen LogP contribution in [-0.2, 0) is 6.42 Å². The van der Waals surface area contributed by atoms with Gasteiger partial charge in [0.15, 0.2) is 5.82 Å². The molecule has 0 aliphatic heterocycles. The number of anilines is 1. The third-order valence-electron chi connectivity index (χ3n) is 2.90. The lowest BCUT2D eigenvalue weighted by Gasteiger charge is -2.11. The molecule has 0 saturated carbocycles. The minimum absolute atomic E-state index is 0.500. The summed E-state index contributed by atoms with van der Waals surface area (Å²) in [7, 11) is 0. The summed E-state index contributed by atoms with van der Waals surface area (Å²) < 4.78 is 0.815. The predicted octanol–water partition coefficient (Wildman–Crippen LogP) is 4.41. The molecule has 0 amide bonds. The monoisotopic (exact) mass is 351 g/mol. The van der Waals surface area contributed by atoms with Crippen LogP contribution in [0, 0.1) is 5.92 Å². The molecule has 0 atom stereocenters. The van der Waals surface area contributed by atoms with Crippen LogP contribution >= 0.6 is 27.7 Å². The number of halogens is 1. The Morgan fingerprint density at radius 3 is 2.40 bits per heavy atom. The van der Waals surface area contributed by atoms with E-state index in [1.807, 2.05) is 12.1 Å². The molecule has 0 spiro atoms. The molecular formula is C15H18BrN3S. The van der Waals surface area contributed by atoms with Gasteiger partial charge in [-0.05, 0) is 46.7 Å². The summed E-state index contributed by atoms with van der Waals surface area (Å²) in [6.45, 7) is 4.33. The lowest BCUT2D eigenvalue weighted by Crippen LogP contribution is -2.05. The Hall–Kier alpha value is -1.07. The Morgan fingerprint density at radius 2 is 1.85 bits per heavy atom. The topological polar surface area (TPSA) is 51.8 Å². The van der Waals surface area contributed by atoms with Gasteiger partial charge in [0.2, 0.25) is 0 Å². The van der Waals surface area contributed by atoms with Gasteiger partial charge in [-0.1, -0.05) is 26.0 Å². The standard InChI is InChI=1S/C15H18BrN3S/c1-9(2)8-12-13(16)14(17)19-15(18-12)10-4-6-11(20-3)7-5-10/h4-7,9H,8H2,1-3H3,(H2,17,18,19). The van der Waals surface area contributed by atoms with E-state index in [0.717, 1.165) is 22.2 Å². The van der Waals surface area contributed by atoms with Crippen LogP contribution in [0.4, 0.5) is 5.82 Å². The Morgan fingerprint density at radius 1 is 1.20 bits per heavy atom. The fourth-order valence-electron chi connectivity index (χ4n) is 1.90. The summed E-state index contributed by atoms with van der Waals surface area (Å²) in [6.07, 6.45) is 2.94. The highest BCUT2D eigenvalue weighted by atomic mass is 79.9. The lowest BCUT2D eigenvalue weighted by atomic mass is 10.1. The van der Waals surface area contributed by atoms with Crippen LogP contribution in [-0.4, -0.2) is 16.2 Å². The van der Waals surface area contributed by atoms with Gasteiger partial charge in [-0.25, -0.2) is 9.97 Å². The van der Waals surface area contributed by atoms with Crippen LogP contribution in [0.25, 0.3) is 11.4 Å². The van der Waals surface area contributed by atoms with E-state index in [1.54, 1.807) is 11.8 Å². The van der Waals surface area contributed by atoms with Crippen molar-refractivity contribution in [2.45, 2.75) is 25.2 Å². The average molecular weight is 352 g/mol. The number of benzene rings is 1. The number of thioether (sulfide) groups is 1. The molecule has 2 aromatic rings. The Balaban J connectivity index is 2.42. The maximum absolute atomic E-state index is 5.99. The van der Waals surface area contributed by atoms with E-state index in [9.17, 15) is 0 Å². The number of hydrogen-bond donors (Lipinski definition) is 1. The summed E-state index contributed by atoms with van der Waals surface area (Å²) in [4.78, 5) is 10.3. The van der Waals surface area contributed by atoms with E-state index in [-0.39, 0.29) is 0 Å². The van der Waals surface area contributed by atoms with Gasteiger partial charge in [0.25, 0.3) is 0 Å². The van der Waals surface area contributed by atoms with Crippen molar-refractivity contribution in [3.05, 3.63) is 34.4 Å². The molecule has 0 fully saturated rings. The zero-order valence-electron chi connectivity index (χ0n) is 11.9. The molecule has 0 unspecified atom stereocenters. The quantitative estimate of drug-likeness (QED) is 0.828. The van der Waals surface area contributed by atoms with E-state index in [4.69, 9.17) is 5.73 Å². The van der Waals surface area contributed by atoms with Crippen molar-refractivity contribution >= 4 is 33.5 Å². The van der Waals surface area contributed by atoms with Crippen molar-refractivity contribution in [2.24, 2.45) is 5.92 Å². The van der Waals surface area contributed by atoms with Crippen molar-refractivity contribution < 1.29 is 0 Å². The second-order valence-electron chi connectivity index (χ2n) is 5.02. The molecule has 1 heterocycles. The smallest absolute Gasteiger partial charge is 0.161 e. The van der Waals surface area contributed by atoms with Crippen LogP contribution in [0.3, 0.4) is 0 Å². The average Bonchev–Trinajstić information content (AvgIpc) is 2.43. The van der Waals surface area contributed by atoms with E-state index in [2.05, 4.69) is 58.1 Å². The largest absolute Gasteiger partial charge is 0.383 e. The lowest BCUT2D eigenvalue weighted by molar-refractivity contribution is 0.633. The van der Waals surface area contributed by atoms with Gasteiger partial charge >= 0.3 is 0 Å². The first-order valence-electron chi connectivity index (χ1n) is 6.47. The number of hydrogen-bond acceptors (Lipinski definition) is 4. The van der Waals surface area contributed by atoms with E-state index in [1.165, 1.54) is 4.90 Å². The first-order valence-corrected chi connectivity index (χ1v) is 8.49. The summed E-state index contributed by atoms with van der Waals surface area (Å²) in [5.74, 6) is 1.71. The molecule has 0 saturated heterocycles. The summed E-state index contributed by atoms with van der Waals surface area (Å²) in [6, 6.07) is 8.22. The number of nitrogen functional groups attached to an aromatic ring is 1. The molecule has 2 rings (SSSR count). The van der Waals surface area contributed by atoms with Crippen LogP contribution in [0.1, 0.15) is 19.5 Å². The molecule has 0 radical (unpaired) electrons. The van der Waals surface area contributed by atoms with Gasteiger partial charge in [-0.15, -0.1) is 11.8 Å². The van der Waals surface area contributed by atoms with Gasteiger partial charge in [-0.2, -0.15) is 0 Å². The Labute approximate surface area is 132 Å². The maximum Gasteiger partial charge on any atom is 0.161 e. The van der Waals surface area contributed by atoms with E-state index < -0.39 is 0 Å². The fourth-order valence-corrected chi connectivity index (χ4v) is 2.65. The van der Waals surface area contributed by atoms with Crippen LogP contribution in [0.5, 0.6) is 0 Å². The van der Waals surface area contributed by atoms with Gasteiger partial charge in [0.1, 0.15) is 5.82 Å². The third-order valence-corrected chi connectivity index (χ3v) is 4.50. The molecule has 0 aliphatic carbocycles. The first kappa shape index (κ1) is 15.3. The highest BCUT2D eigenvalue weighted by Gasteiger charge is 2.12. The van der Waals surface area contributed by atoms with Gasteiger partial charge in [-0.3, -0.25) is 0 Å². The molecule has 2 N–H and O–H groups in total. The molecule has 106 valence electrons.